The molecule has 0 saturated carbocycles. The molecule has 2 N–H and O–H groups in total. The summed E-state index contributed by atoms with van der Waals surface area (Å²) in [6.45, 7) is 0.436. The van der Waals surface area contributed by atoms with Gasteiger partial charge in [-0.2, -0.15) is 5.10 Å². The number of aliphatic hydroxyl groups excluding tert-OH is 1. The van der Waals surface area contributed by atoms with Gasteiger partial charge in [0.05, 0.1) is 18.4 Å². The SMILES string of the molecule is Cn1cc(C(=O)NCc2cccc(CO)c2)cn1. The van der Waals surface area contributed by atoms with E-state index in [9.17, 15) is 4.79 Å². The van der Waals surface area contributed by atoms with Crippen LogP contribution in [0.1, 0.15) is 21.5 Å². The number of hydrogen-bond acceptors (Lipinski definition) is 3. The Balaban J connectivity index is 1.97. The van der Waals surface area contributed by atoms with Crippen molar-refractivity contribution in [3.05, 3.63) is 53.3 Å². The fourth-order valence-electron chi connectivity index (χ4n) is 1.66. The largest absolute Gasteiger partial charge is 0.392 e. The molecule has 18 heavy (non-hydrogen) atoms. The van der Waals surface area contributed by atoms with Gasteiger partial charge in [0, 0.05) is 19.8 Å². The van der Waals surface area contributed by atoms with Crippen LogP contribution in [0.3, 0.4) is 0 Å². The Morgan fingerprint density at radius 2 is 2.22 bits per heavy atom. The molecular formula is C13H15N3O2. The second-order valence-corrected chi connectivity index (χ2v) is 4.06. The van der Waals surface area contributed by atoms with E-state index in [2.05, 4.69) is 10.4 Å². The van der Waals surface area contributed by atoms with Crippen molar-refractivity contribution in [2.24, 2.45) is 7.05 Å². The standard InChI is InChI=1S/C13H15N3O2/c1-16-8-12(7-15-16)13(18)14-6-10-3-2-4-11(5-10)9-17/h2-5,7-8,17H,6,9H2,1H3,(H,14,18). The first-order valence-corrected chi connectivity index (χ1v) is 5.64. The quantitative estimate of drug-likeness (QED) is 0.839. The van der Waals surface area contributed by atoms with Crippen LogP contribution in [-0.4, -0.2) is 20.8 Å². The average molecular weight is 245 g/mol. The summed E-state index contributed by atoms with van der Waals surface area (Å²) >= 11 is 0. The number of hydrogen-bond donors (Lipinski definition) is 2. The first-order chi connectivity index (χ1) is 8.69. The summed E-state index contributed by atoms with van der Waals surface area (Å²) < 4.78 is 1.58. The van der Waals surface area contributed by atoms with Crippen molar-refractivity contribution in [1.82, 2.24) is 15.1 Å². The monoisotopic (exact) mass is 245 g/mol. The highest BCUT2D eigenvalue weighted by molar-refractivity contribution is 5.93. The lowest BCUT2D eigenvalue weighted by atomic mass is 10.1. The molecule has 1 heterocycles. The zero-order chi connectivity index (χ0) is 13.0. The van der Waals surface area contributed by atoms with Crippen LogP contribution >= 0.6 is 0 Å². The number of carbonyl (C=O) groups is 1. The van der Waals surface area contributed by atoms with Crippen molar-refractivity contribution >= 4 is 5.91 Å². The molecule has 0 spiro atoms. The molecule has 0 aliphatic rings. The molecule has 0 unspecified atom stereocenters. The summed E-state index contributed by atoms with van der Waals surface area (Å²) in [5.74, 6) is -0.155. The van der Waals surface area contributed by atoms with E-state index in [1.807, 2.05) is 24.3 Å². The van der Waals surface area contributed by atoms with Crippen molar-refractivity contribution in [3.63, 3.8) is 0 Å². The number of carbonyl (C=O) groups excluding carboxylic acids is 1. The second-order valence-electron chi connectivity index (χ2n) is 4.06. The van der Waals surface area contributed by atoms with E-state index in [4.69, 9.17) is 5.11 Å². The highest BCUT2D eigenvalue weighted by atomic mass is 16.3. The lowest BCUT2D eigenvalue weighted by Crippen LogP contribution is -2.22. The van der Waals surface area contributed by atoms with Crippen LogP contribution in [0.4, 0.5) is 0 Å². The molecule has 0 fully saturated rings. The van der Waals surface area contributed by atoms with E-state index in [0.717, 1.165) is 11.1 Å². The lowest BCUT2D eigenvalue weighted by Gasteiger charge is -2.05. The summed E-state index contributed by atoms with van der Waals surface area (Å²) in [4.78, 5) is 11.8. The van der Waals surface area contributed by atoms with Gasteiger partial charge < -0.3 is 10.4 Å². The number of rotatable bonds is 4. The molecule has 0 bridgehead atoms. The molecule has 0 atom stereocenters. The van der Waals surface area contributed by atoms with E-state index in [-0.39, 0.29) is 12.5 Å². The minimum absolute atomic E-state index is 0.00436. The zero-order valence-electron chi connectivity index (χ0n) is 10.1. The van der Waals surface area contributed by atoms with Crippen LogP contribution in [-0.2, 0) is 20.2 Å². The molecule has 1 amide bonds. The molecule has 1 aromatic heterocycles. The van der Waals surface area contributed by atoms with Crippen LogP contribution in [0.15, 0.2) is 36.7 Å². The maximum Gasteiger partial charge on any atom is 0.254 e. The molecule has 0 aliphatic carbocycles. The molecule has 0 aliphatic heterocycles. The summed E-state index contributed by atoms with van der Waals surface area (Å²) in [7, 11) is 1.77. The van der Waals surface area contributed by atoms with E-state index in [0.29, 0.717) is 12.1 Å². The Morgan fingerprint density at radius 1 is 1.44 bits per heavy atom. The predicted molar refractivity (Wildman–Crippen MR) is 66.7 cm³/mol. The molecular weight excluding hydrogens is 230 g/mol. The van der Waals surface area contributed by atoms with Crippen molar-refractivity contribution in [2.45, 2.75) is 13.2 Å². The highest BCUT2D eigenvalue weighted by Crippen LogP contribution is 2.05. The van der Waals surface area contributed by atoms with E-state index in [1.165, 1.54) is 6.20 Å². The molecule has 1 aromatic carbocycles. The van der Waals surface area contributed by atoms with Gasteiger partial charge in [0.2, 0.25) is 0 Å². The van der Waals surface area contributed by atoms with Crippen molar-refractivity contribution < 1.29 is 9.90 Å². The Morgan fingerprint density at radius 3 is 2.89 bits per heavy atom. The smallest absolute Gasteiger partial charge is 0.254 e. The minimum atomic E-state index is -0.155. The van der Waals surface area contributed by atoms with Gasteiger partial charge in [-0.05, 0) is 11.1 Å². The third kappa shape index (κ3) is 2.95. The Hall–Kier alpha value is -2.14. The summed E-state index contributed by atoms with van der Waals surface area (Å²) in [5.41, 5.74) is 2.33. The number of aryl methyl sites for hydroxylation is 1. The second kappa shape index (κ2) is 5.46. The molecule has 94 valence electrons. The van der Waals surface area contributed by atoms with Gasteiger partial charge in [0.1, 0.15) is 0 Å². The van der Waals surface area contributed by atoms with Gasteiger partial charge in [-0.1, -0.05) is 24.3 Å². The molecule has 2 aromatic rings. The maximum atomic E-state index is 11.8. The van der Waals surface area contributed by atoms with Crippen LogP contribution in [0.25, 0.3) is 0 Å². The Kier molecular flexibility index (Phi) is 3.74. The summed E-state index contributed by atoms with van der Waals surface area (Å²) in [6, 6.07) is 7.47. The first-order valence-electron chi connectivity index (χ1n) is 5.64. The number of nitrogens with zero attached hydrogens (tertiary/aromatic N) is 2. The zero-order valence-corrected chi connectivity index (χ0v) is 10.1. The third-order valence-corrected chi connectivity index (χ3v) is 2.59. The van der Waals surface area contributed by atoms with Crippen molar-refractivity contribution in [1.29, 1.82) is 0 Å². The highest BCUT2D eigenvalue weighted by Gasteiger charge is 2.07. The van der Waals surface area contributed by atoms with Crippen LogP contribution in [0.5, 0.6) is 0 Å². The fourth-order valence-corrected chi connectivity index (χ4v) is 1.66. The van der Waals surface area contributed by atoms with Crippen molar-refractivity contribution in [2.75, 3.05) is 0 Å². The fraction of sp³-hybridized carbons (Fsp3) is 0.231. The summed E-state index contributed by atoms with van der Waals surface area (Å²) in [5, 5.41) is 15.8. The van der Waals surface area contributed by atoms with Gasteiger partial charge in [-0.25, -0.2) is 0 Å². The Labute approximate surface area is 105 Å². The van der Waals surface area contributed by atoms with Crippen LogP contribution < -0.4 is 5.32 Å². The number of amides is 1. The number of aliphatic hydroxyl groups is 1. The van der Waals surface area contributed by atoms with Gasteiger partial charge in [0.15, 0.2) is 0 Å². The molecule has 5 nitrogen and oxygen atoms in total. The van der Waals surface area contributed by atoms with Gasteiger partial charge in [-0.15, -0.1) is 0 Å². The molecule has 5 heteroatoms. The normalized spacial score (nSPS) is 10.3. The van der Waals surface area contributed by atoms with Crippen LogP contribution in [0.2, 0.25) is 0 Å². The number of benzene rings is 1. The maximum absolute atomic E-state index is 11.8. The summed E-state index contributed by atoms with van der Waals surface area (Å²) in [6.07, 6.45) is 3.19. The minimum Gasteiger partial charge on any atom is -0.392 e. The number of nitrogens with one attached hydrogen (secondary N) is 1. The third-order valence-electron chi connectivity index (χ3n) is 2.59. The van der Waals surface area contributed by atoms with Crippen LogP contribution in [0, 0.1) is 0 Å². The molecule has 2 rings (SSSR count). The van der Waals surface area contributed by atoms with E-state index in [1.54, 1.807) is 17.9 Å². The van der Waals surface area contributed by atoms with Crippen molar-refractivity contribution in [3.8, 4) is 0 Å². The Bertz CT molecular complexity index is 549. The number of aromatic nitrogens is 2. The van der Waals surface area contributed by atoms with Gasteiger partial charge >= 0.3 is 0 Å². The van der Waals surface area contributed by atoms with Gasteiger partial charge in [-0.3, -0.25) is 9.48 Å². The first kappa shape index (κ1) is 12.3. The van der Waals surface area contributed by atoms with E-state index < -0.39 is 0 Å². The molecule has 0 radical (unpaired) electrons. The average Bonchev–Trinajstić information content (AvgIpc) is 2.83. The lowest BCUT2D eigenvalue weighted by molar-refractivity contribution is 0.0951. The van der Waals surface area contributed by atoms with E-state index >= 15 is 0 Å². The molecule has 0 saturated heterocycles. The van der Waals surface area contributed by atoms with Gasteiger partial charge in [0.25, 0.3) is 5.91 Å². The predicted octanol–water partition coefficient (Wildman–Crippen LogP) is 0.842. The topological polar surface area (TPSA) is 67.2 Å².